The van der Waals surface area contributed by atoms with Gasteiger partial charge in [-0.15, -0.1) is 0 Å². The van der Waals surface area contributed by atoms with Crippen LogP contribution in [0.3, 0.4) is 0 Å². The molecule has 31 heavy (non-hydrogen) atoms. The molecule has 1 aliphatic rings. The molecule has 0 fully saturated rings. The molecule has 158 valence electrons. The molecule has 3 aromatic heterocycles. The summed E-state index contributed by atoms with van der Waals surface area (Å²) in [6.45, 7) is 3.25. The van der Waals surface area contributed by atoms with Crippen LogP contribution in [-0.2, 0) is 25.9 Å². The monoisotopic (exact) mass is 414 g/mol. The number of aromatic amines is 2. The van der Waals surface area contributed by atoms with E-state index in [2.05, 4.69) is 44.1 Å². The van der Waals surface area contributed by atoms with Crippen molar-refractivity contribution >= 4 is 16.9 Å². The van der Waals surface area contributed by atoms with Crippen LogP contribution in [0.4, 0.5) is 5.95 Å². The third-order valence-electron chi connectivity index (χ3n) is 6.01. The minimum atomic E-state index is -0.0207. The van der Waals surface area contributed by atoms with Crippen LogP contribution >= 0.6 is 0 Å². The topological polar surface area (TPSA) is 80.9 Å². The fraction of sp³-hybridized carbons (Fsp3) is 0.292. The van der Waals surface area contributed by atoms with Gasteiger partial charge in [0.2, 0.25) is 5.95 Å². The third kappa shape index (κ3) is 4.09. The van der Waals surface area contributed by atoms with Gasteiger partial charge in [0.15, 0.2) is 0 Å². The van der Waals surface area contributed by atoms with Crippen LogP contribution < -0.4 is 10.5 Å². The van der Waals surface area contributed by atoms with Crippen molar-refractivity contribution in [1.82, 2.24) is 24.8 Å². The maximum Gasteiger partial charge on any atom is 0.255 e. The molecule has 5 rings (SSSR count). The molecule has 0 aliphatic carbocycles. The Morgan fingerprint density at radius 3 is 2.90 bits per heavy atom. The molecule has 1 aliphatic heterocycles. The molecular weight excluding hydrogens is 388 g/mol. The molecule has 0 unspecified atom stereocenters. The van der Waals surface area contributed by atoms with Gasteiger partial charge in [-0.3, -0.25) is 19.7 Å². The predicted octanol–water partition coefficient (Wildman–Crippen LogP) is 2.88. The SMILES string of the molecule is CN(Cc1cccnc1)c1nc2c(c(=O)[nH]1)CCN(Cc1cccc3[nH]ccc13)CC2. The molecule has 7 heteroatoms. The van der Waals surface area contributed by atoms with Crippen LogP contribution in [0, 0.1) is 0 Å². The average molecular weight is 415 g/mol. The van der Waals surface area contributed by atoms with E-state index in [1.165, 1.54) is 10.9 Å². The van der Waals surface area contributed by atoms with Gasteiger partial charge in [0, 0.05) is 74.7 Å². The lowest BCUT2D eigenvalue weighted by atomic mass is 10.1. The van der Waals surface area contributed by atoms with E-state index in [4.69, 9.17) is 4.98 Å². The van der Waals surface area contributed by atoms with Gasteiger partial charge in [0.1, 0.15) is 0 Å². The summed E-state index contributed by atoms with van der Waals surface area (Å²) < 4.78 is 0. The molecule has 4 heterocycles. The lowest BCUT2D eigenvalue weighted by molar-refractivity contribution is 0.280. The smallest absolute Gasteiger partial charge is 0.255 e. The first-order valence-electron chi connectivity index (χ1n) is 10.7. The van der Waals surface area contributed by atoms with Crippen molar-refractivity contribution in [2.24, 2.45) is 0 Å². The van der Waals surface area contributed by atoms with E-state index in [1.54, 1.807) is 6.20 Å². The van der Waals surface area contributed by atoms with Gasteiger partial charge in [-0.05, 0) is 35.7 Å². The Morgan fingerprint density at radius 1 is 1.13 bits per heavy atom. The van der Waals surface area contributed by atoms with E-state index in [1.807, 2.05) is 36.5 Å². The number of hydrogen-bond acceptors (Lipinski definition) is 5. The van der Waals surface area contributed by atoms with Gasteiger partial charge in [0.25, 0.3) is 5.56 Å². The Hall–Kier alpha value is -3.45. The van der Waals surface area contributed by atoms with Gasteiger partial charge in [0.05, 0.1) is 5.69 Å². The maximum atomic E-state index is 12.8. The van der Waals surface area contributed by atoms with Gasteiger partial charge >= 0.3 is 0 Å². The summed E-state index contributed by atoms with van der Waals surface area (Å²) in [4.78, 5) is 32.5. The van der Waals surface area contributed by atoms with Crippen molar-refractivity contribution in [2.75, 3.05) is 25.0 Å². The first kappa shape index (κ1) is 19.5. The molecule has 4 aromatic rings. The van der Waals surface area contributed by atoms with Crippen molar-refractivity contribution in [1.29, 1.82) is 0 Å². The number of nitrogens with zero attached hydrogens (tertiary/aromatic N) is 4. The normalized spacial score (nSPS) is 14.4. The molecular formula is C24H26N6O. The van der Waals surface area contributed by atoms with Gasteiger partial charge in [-0.25, -0.2) is 4.98 Å². The summed E-state index contributed by atoms with van der Waals surface area (Å²) in [5.41, 5.74) is 5.26. The minimum absolute atomic E-state index is 0.0207. The zero-order chi connectivity index (χ0) is 21.2. The number of rotatable bonds is 5. The Kier molecular flexibility index (Phi) is 5.26. The second-order valence-corrected chi connectivity index (χ2v) is 8.16. The zero-order valence-electron chi connectivity index (χ0n) is 17.6. The first-order chi connectivity index (χ1) is 15.2. The first-order valence-corrected chi connectivity index (χ1v) is 10.7. The number of fused-ring (bicyclic) bond motifs is 2. The number of H-pyrrole nitrogens is 2. The molecule has 0 saturated carbocycles. The Morgan fingerprint density at radius 2 is 2.03 bits per heavy atom. The zero-order valence-corrected chi connectivity index (χ0v) is 17.6. The number of aromatic nitrogens is 4. The maximum absolute atomic E-state index is 12.8. The minimum Gasteiger partial charge on any atom is -0.361 e. The Labute approximate surface area is 180 Å². The van der Waals surface area contributed by atoms with E-state index in [0.29, 0.717) is 18.9 Å². The van der Waals surface area contributed by atoms with Crippen molar-refractivity contribution in [3.63, 3.8) is 0 Å². The van der Waals surface area contributed by atoms with Gasteiger partial charge < -0.3 is 9.88 Å². The van der Waals surface area contributed by atoms with E-state index < -0.39 is 0 Å². The van der Waals surface area contributed by atoms with Crippen LogP contribution in [-0.4, -0.2) is 45.0 Å². The molecule has 0 radical (unpaired) electrons. The van der Waals surface area contributed by atoms with Crippen molar-refractivity contribution < 1.29 is 0 Å². The summed E-state index contributed by atoms with van der Waals surface area (Å²) >= 11 is 0. The van der Waals surface area contributed by atoms with Gasteiger partial charge in [-0.2, -0.15) is 0 Å². The van der Waals surface area contributed by atoms with Gasteiger partial charge in [-0.1, -0.05) is 18.2 Å². The highest BCUT2D eigenvalue weighted by molar-refractivity contribution is 5.82. The molecule has 0 bridgehead atoms. The highest BCUT2D eigenvalue weighted by Gasteiger charge is 2.20. The van der Waals surface area contributed by atoms with E-state index in [9.17, 15) is 4.79 Å². The summed E-state index contributed by atoms with van der Waals surface area (Å²) in [5.74, 6) is 0.609. The molecule has 0 atom stereocenters. The van der Waals surface area contributed by atoms with Crippen LogP contribution in [0.5, 0.6) is 0 Å². The number of nitrogens with one attached hydrogen (secondary N) is 2. The van der Waals surface area contributed by atoms with Crippen molar-refractivity contribution in [2.45, 2.75) is 25.9 Å². The van der Waals surface area contributed by atoms with Crippen LogP contribution in [0.15, 0.2) is 59.8 Å². The largest absolute Gasteiger partial charge is 0.361 e. The highest BCUT2D eigenvalue weighted by atomic mass is 16.1. The van der Waals surface area contributed by atoms with Crippen LogP contribution in [0.1, 0.15) is 22.4 Å². The van der Waals surface area contributed by atoms with Crippen LogP contribution in [0.2, 0.25) is 0 Å². The van der Waals surface area contributed by atoms with Crippen molar-refractivity contribution in [3.05, 3.63) is 87.7 Å². The lowest BCUT2D eigenvalue weighted by Gasteiger charge is -2.20. The van der Waals surface area contributed by atoms with E-state index >= 15 is 0 Å². The molecule has 1 aromatic carbocycles. The second kappa shape index (κ2) is 8.35. The molecule has 2 N–H and O–H groups in total. The number of benzene rings is 1. The summed E-state index contributed by atoms with van der Waals surface area (Å²) in [6.07, 6.45) is 7.07. The third-order valence-corrected chi connectivity index (χ3v) is 6.01. The Bertz CT molecular complexity index is 1250. The number of pyridine rings is 1. The highest BCUT2D eigenvalue weighted by Crippen LogP contribution is 2.21. The quantitative estimate of drug-likeness (QED) is 0.525. The summed E-state index contributed by atoms with van der Waals surface area (Å²) in [6, 6.07) is 12.5. The lowest BCUT2D eigenvalue weighted by Crippen LogP contribution is -2.27. The molecule has 0 spiro atoms. The fourth-order valence-electron chi connectivity index (χ4n) is 4.35. The fourth-order valence-corrected chi connectivity index (χ4v) is 4.35. The van der Waals surface area contributed by atoms with Crippen molar-refractivity contribution in [3.8, 4) is 0 Å². The summed E-state index contributed by atoms with van der Waals surface area (Å²) in [7, 11) is 1.94. The predicted molar refractivity (Wildman–Crippen MR) is 122 cm³/mol. The number of anilines is 1. The molecule has 7 nitrogen and oxygen atoms in total. The standard InChI is InChI=1S/C24H26N6O/c1-29(15-17-4-3-10-25-14-17)24-27-22-9-13-30(12-8-20(22)23(31)28-24)16-18-5-2-6-21-19(18)7-11-26-21/h2-7,10-11,14,26H,8-9,12-13,15-16H2,1H3,(H,27,28,31). The Balaban J connectivity index is 1.33. The van der Waals surface area contributed by atoms with Crippen LogP contribution in [0.25, 0.3) is 10.9 Å². The average Bonchev–Trinajstić information content (AvgIpc) is 3.17. The molecule has 0 amide bonds. The second-order valence-electron chi connectivity index (χ2n) is 8.16. The van der Waals surface area contributed by atoms with E-state index in [0.717, 1.165) is 48.4 Å². The van der Waals surface area contributed by atoms with E-state index in [-0.39, 0.29) is 5.56 Å². The summed E-state index contributed by atoms with van der Waals surface area (Å²) in [5, 5.41) is 1.26. The molecule has 0 saturated heterocycles. The number of hydrogen-bond donors (Lipinski definition) is 2.